The van der Waals surface area contributed by atoms with Crippen LogP contribution in [0.4, 0.5) is 0 Å². The van der Waals surface area contributed by atoms with Crippen LogP contribution in [0.25, 0.3) is 0 Å². The fraction of sp³-hybridized carbons (Fsp3) is 0.951. The number of hydrogen-bond donors (Lipinski definition) is 1. The van der Waals surface area contributed by atoms with E-state index in [-0.39, 0.29) is 11.9 Å². The maximum atomic E-state index is 12.6. The average Bonchev–Trinajstić information content (AvgIpc) is 3.05. The Balaban J connectivity index is 4.73. The fourth-order valence-electron chi connectivity index (χ4n) is 6.44. The molecule has 0 aromatic carbocycles. The first-order valence-corrected chi connectivity index (χ1v) is 20.8. The van der Waals surface area contributed by atoms with Gasteiger partial charge < -0.3 is 14.7 Å². The molecule has 0 fully saturated rings. The van der Waals surface area contributed by atoms with Gasteiger partial charge in [-0.2, -0.15) is 0 Å². The summed E-state index contributed by atoms with van der Waals surface area (Å²) in [5, 5.41) is 12.9. The maximum absolute atomic E-state index is 12.6. The molecule has 0 aliphatic heterocycles. The highest BCUT2D eigenvalue weighted by atomic mass is 16.7. The molecular formula is C41H81NO5. The van der Waals surface area contributed by atoms with E-state index in [1.165, 1.54) is 128 Å². The lowest BCUT2D eigenvalue weighted by Gasteiger charge is -2.26. The highest BCUT2D eigenvalue weighted by molar-refractivity contribution is 5.69. The normalized spacial score (nSPS) is 12.2. The summed E-state index contributed by atoms with van der Waals surface area (Å²) in [6.45, 7) is 10.3. The number of nitrogens with zero attached hydrogens (tertiary/aromatic N) is 1. The molecule has 6 heteroatoms. The van der Waals surface area contributed by atoms with Crippen molar-refractivity contribution in [3.05, 3.63) is 0 Å². The molecule has 1 unspecified atom stereocenters. The van der Waals surface area contributed by atoms with E-state index in [9.17, 15) is 14.7 Å². The predicted molar refractivity (Wildman–Crippen MR) is 199 cm³/mol. The highest BCUT2D eigenvalue weighted by Gasteiger charge is 2.20. The molecule has 1 atom stereocenters. The molecule has 0 saturated carbocycles. The number of esters is 1. The largest absolute Gasteiger partial charge is 0.466 e. The van der Waals surface area contributed by atoms with Crippen molar-refractivity contribution >= 4 is 11.9 Å². The van der Waals surface area contributed by atoms with Gasteiger partial charge in [0.2, 0.25) is 0 Å². The van der Waals surface area contributed by atoms with E-state index in [1.807, 2.05) is 0 Å². The third kappa shape index (κ3) is 33.1. The smallest absolute Gasteiger partial charge is 0.325 e. The van der Waals surface area contributed by atoms with Crippen molar-refractivity contribution in [1.82, 2.24) is 5.06 Å². The Morgan fingerprint density at radius 2 is 0.957 bits per heavy atom. The van der Waals surface area contributed by atoms with Crippen molar-refractivity contribution in [3.8, 4) is 0 Å². The number of carbonyl (C=O) groups excluding carboxylic acids is 2. The van der Waals surface area contributed by atoms with Gasteiger partial charge in [0.1, 0.15) is 0 Å². The summed E-state index contributed by atoms with van der Waals surface area (Å²) in [4.78, 5) is 30.7. The Labute approximate surface area is 292 Å². The molecule has 0 aliphatic rings. The second-order valence-electron chi connectivity index (χ2n) is 14.3. The van der Waals surface area contributed by atoms with E-state index >= 15 is 0 Å². The number of ether oxygens (including phenoxy) is 1. The number of aliphatic hydroxyl groups excluding tert-OH is 1. The molecule has 0 amide bonds. The maximum Gasteiger partial charge on any atom is 0.325 e. The molecule has 6 nitrogen and oxygen atoms in total. The van der Waals surface area contributed by atoms with Gasteiger partial charge in [-0.05, 0) is 38.0 Å². The van der Waals surface area contributed by atoms with E-state index in [2.05, 4.69) is 27.7 Å². The summed E-state index contributed by atoms with van der Waals surface area (Å²) < 4.78 is 5.46. The summed E-state index contributed by atoms with van der Waals surface area (Å²) in [6.07, 6.45) is 33.0. The third-order valence-electron chi connectivity index (χ3n) is 9.47. The summed E-state index contributed by atoms with van der Waals surface area (Å²) in [6, 6.07) is 0. The minimum atomic E-state index is -0.528. The zero-order valence-electron chi connectivity index (χ0n) is 32.0. The lowest BCUT2D eigenvalue weighted by atomic mass is 9.89. The quantitative estimate of drug-likeness (QED) is 0.0404. The van der Waals surface area contributed by atoms with Crippen LogP contribution in [0.5, 0.6) is 0 Å². The van der Waals surface area contributed by atoms with Crippen molar-refractivity contribution in [2.45, 2.75) is 226 Å². The molecule has 0 aromatic rings. The number of carbonyl (C=O) groups is 2. The van der Waals surface area contributed by atoms with E-state index < -0.39 is 6.10 Å². The lowest BCUT2D eigenvalue weighted by Crippen LogP contribution is -2.36. The summed E-state index contributed by atoms with van der Waals surface area (Å²) in [5.74, 6) is 0.162. The second-order valence-corrected chi connectivity index (χ2v) is 14.3. The van der Waals surface area contributed by atoms with Crippen LogP contribution in [0.3, 0.4) is 0 Å². The molecule has 47 heavy (non-hydrogen) atoms. The van der Waals surface area contributed by atoms with Gasteiger partial charge in [0.25, 0.3) is 0 Å². The van der Waals surface area contributed by atoms with Crippen molar-refractivity contribution in [2.24, 2.45) is 5.92 Å². The van der Waals surface area contributed by atoms with Crippen LogP contribution in [-0.4, -0.2) is 47.9 Å². The summed E-state index contributed by atoms with van der Waals surface area (Å²) in [7, 11) is 0. The van der Waals surface area contributed by atoms with E-state index in [0.29, 0.717) is 44.9 Å². The first-order valence-electron chi connectivity index (χ1n) is 20.8. The predicted octanol–water partition coefficient (Wildman–Crippen LogP) is 12.0. The van der Waals surface area contributed by atoms with Crippen molar-refractivity contribution in [1.29, 1.82) is 0 Å². The van der Waals surface area contributed by atoms with Gasteiger partial charge in [-0.3, -0.25) is 9.59 Å². The summed E-state index contributed by atoms with van der Waals surface area (Å²) in [5.41, 5.74) is 0. The van der Waals surface area contributed by atoms with Crippen LogP contribution >= 0.6 is 0 Å². The van der Waals surface area contributed by atoms with E-state index in [4.69, 9.17) is 9.57 Å². The molecule has 0 heterocycles. The minimum absolute atomic E-state index is 0.136. The molecule has 0 aromatic heterocycles. The summed E-state index contributed by atoms with van der Waals surface area (Å²) >= 11 is 0. The molecule has 0 saturated heterocycles. The highest BCUT2D eigenvalue weighted by Crippen LogP contribution is 2.24. The van der Waals surface area contributed by atoms with Crippen molar-refractivity contribution < 1.29 is 24.3 Å². The number of aliphatic hydroxyl groups is 1. The Morgan fingerprint density at radius 1 is 0.532 bits per heavy atom. The molecule has 0 rings (SSSR count). The second kappa shape index (κ2) is 36.1. The molecule has 0 radical (unpaired) electrons. The third-order valence-corrected chi connectivity index (χ3v) is 9.47. The molecule has 0 aliphatic carbocycles. The van der Waals surface area contributed by atoms with Gasteiger partial charge in [-0.15, -0.1) is 5.06 Å². The zero-order valence-corrected chi connectivity index (χ0v) is 32.0. The zero-order chi connectivity index (χ0) is 34.6. The van der Waals surface area contributed by atoms with E-state index in [1.54, 1.807) is 5.06 Å². The first-order chi connectivity index (χ1) is 23.0. The number of unbranched alkanes of at least 4 members (excludes halogenated alkanes) is 20. The monoisotopic (exact) mass is 668 g/mol. The minimum Gasteiger partial charge on any atom is -0.466 e. The lowest BCUT2D eigenvalue weighted by molar-refractivity contribution is -0.197. The topological polar surface area (TPSA) is 76.1 Å². The average molecular weight is 668 g/mol. The van der Waals surface area contributed by atoms with Gasteiger partial charge >= 0.3 is 11.9 Å². The van der Waals surface area contributed by atoms with Crippen LogP contribution in [0.15, 0.2) is 0 Å². The van der Waals surface area contributed by atoms with Crippen molar-refractivity contribution in [2.75, 3.05) is 19.7 Å². The van der Waals surface area contributed by atoms with Crippen molar-refractivity contribution in [3.63, 3.8) is 0 Å². The first kappa shape index (κ1) is 45.9. The van der Waals surface area contributed by atoms with Gasteiger partial charge in [0, 0.05) is 19.4 Å². The molecule has 1 N–H and O–H groups in total. The number of hydroxylamine groups is 2. The van der Waals surface area contributed by atoms with Gasteiger partial charge in [0.15, 0.2) is 0 Å². The molecule has 0 spiro atoms. The molecule has 280 valence electrons. The Kier molecular flexibility index (Phi) is 35.3. The van der Waals surface area contributed by atoms with Crippen LogP contribution in [0.2, 0.25) is 0 Å². The Hall–Kier alpha value is -1.14. The van der Waals surface area contributed by atoms with Gasteiger partial charge in [-0.25, -0.2) is 0 Å². The number of rotatable bonds is 37. The van der Waals surface area contributed by atoms with Crippen LogP contribution in [0, 0.1) is 5.92 Å². The molecular weight excluding hydrogens is 586 g/mol. The standard InChI is InChI=1S/C41H81NO5/c1-5-9-13-16-19-20-23-29-35-46-40(44)32-27-28-34-42(47-41(45)33-24-12-8-4)37-39(43)36-38(30-25-21-17-14-10-6-2)31-26-22-18-15-11-7-3/h38-39,43H,5-37H2,1-4H3. The van der Waals surface area contributed by atoms with Crippen LogP contribution < -0.4 is 0 Å². The Bertz CT molecular complexity index is 656. The Morgan fingerprint density at radius 3 is 1.49 bits per heavy atom. The van der Waals surface area contributed by atoms with Gasteiger partial charge in [-0.1, -0.05) is 175 Å². The van der Waals surface area contributed by atoms with Crippen LogP contribution in [-0.2, 0) is 19.2 Å². The van der Waals surface area contributed by atoms with E-state index in [0.717, 1.165) is 44.9 Å². The SMILES string of the molecule is CCCCCCCCCCOC(=O)CCCCN(CC(O)CC(CCCCCCCC)CCCCCCCC)OC(=O)CCCCC. The van der Waals surface area contributed by atoms with Crippen LogP contribution in [0.1, 0.15) is 220 Å². The van der Waals surface area contributed by atoms with Gasteiger partial charge in [0.05, 0.1) is 19.3 Å². The number of hydrogen-bond acceptors (Lipinski definition) is 6. The molecule has 0 bridgehead atoms. The fourth-order valence-corrected chi connectivity index (χ4v) is 6.44.